The largest absolute Gasteiger partial charge is 0.443 e. The number of cyclic esters (lactones) is 1. The van der Waals surface area contributed by atoms with Crippen molar-refractivity contribution in [2.24, 2.45) is 0 Å². The van der Waals surface area contributed by atoms with E-state index < -0.39 is 16.1 Å². The number of anilines is 1. The second-order valence-corrected chi connectivity index (χ2v) is 8.05. The highest BCUT2D eigenvalue weighted by molar-refractivity contribution is 7.89. The SMILES string of the molecule is O=C1Cc2cc(S(=O)(=O)NCC3CN(C4CC4)C(=O)O3)ccc2N1. The summed E-state index contributed by atoms with van der Waals surface area (Å²) >= 11 is 0. The van der Waals surface area contributed by atoms with Crippen LogP contribution in [0.5, 0.6) is 0 Å². The van der Waals surface area contributed by atoms with Gasteiger partial charge in [0.05, 0.1) is 17.9 Å². The van der Waals surface area contributed by atoms with Gasteiger partial charge in [-0.05, 0) is 36.6 Å². The Morgan fingerprint density at radius 3 is 2.83 bits per heavy atom. The molecule has 2 heterocycles. The minimum Gasteiger partial charge on any atom is -0.443 e. The van der Waals surface area contributed by atoms with Crippen molar-refractivity contribution in [3.8, 4) is 0 Å². The number of benzene rings is 1. The summed E-state index contributed by atoms with van der Waals surface area (Å²) in [6.45, 7) is 0.445. The van der Waals surface area contributed by atoms with Crippen LogP contribution in [0.25, 0.3) is 0 Å². The molecule has 1 unspecified atom stereocenters. The van der Waals surface area contributed by atoms with Gasteiger partial charge >= 0.3 is 6.09 Å². The number of sulfonamides is 1. The van der Waals surface area contributed by atoms with Gasteiger partial charge in [0.2, 0.25) is 15.9 Å². The molecule has 8 nitrogen and oxygen atoms in total. The second-order valence-electron chi connectivity index (χ2n) is 6.29. The van der Waals surface area contributed by atoms with Crippen LogP contribution in [0, 0.1) is 0 Å². The number of rotatable bonds is 5. The molecule has 128 valence electrons. The van der Waals surface area contributed by atoms with Crippen molar-refractivity contribution in [1.29, 1.82) is 0 Å². The van der Waals surface area contributed by atoms with Gasteiger partial charge in [0, 0.05) is 18.3 Å². The van der Waals surface area contributed by atoms with Crippen LogP contribution in [-0.4, -0.2) is 50.6 Å². The zero-order chi connectivity index (χ0) is 16.9. The molecular formula is C15H17N3O5S. The summed E-state index contributed by atoms with van der Waals surface area (Å²) in [5.74, 6) is -0.148. The van der Waals surface area contributed by atoms with E-state index in [1.165, 1.54) is 12.1 Å². The summed E-state index contributed by atoms with van der Waals surface area (Å²) in [6.07, 6.45) is 1.29. The van der Waals surface area contributed by atoms with Crippen LogP contribution in [0.2, 0.25) is 0 Å². The third-order valence-electron chi connectivity index (χ3n) is 4.40. The van der Waals surface area contributed by atoms with Crippen molar-refractivity contribution in [3.63, 3.8) is 0 Å². The summed E-state index contributed by atoms with van der Waals surface area (Å²) in [5, 5.41) is 2.66. The van der Waals surface area contributed by atoms with Crippen molar-refractivity contribution >= 4 is 27.7 Å². The first kappa shape index (κ1) is 15.4. The molecule has 24 heavy (non-hydrogen) atoms. The standard InChI is InChI=1S/C15H17N3O5S/c19-14-6-9-5-12(3-4-13(9)17-14)24(21,22)16-7-11-8-18(10-1-2-10)15(20)23-11/h3-5,10-11,16H,1-2,6-8H2,(H,17,19). The van der Waals surface area contributed by atoms with Gasteiger partial charge in [0.25, 0.3) is 0 Å². The Labute approximate surface area is 139 Å². The molecule has 0 bridgehead atoms. The predicted molar refractivity (Wildman–Crippen MR) is 84.0 cm³/mol. The van der Waals surface area contributed by atoms with Gasteiger partial charge in [-0.3, -0.25) is 4.79 Å². The van der Waals surface area contributed by atoms with E-state index in [0.29, 0.717) is 17.8 Å². The van der Waals surface area contributed by atoms with Crippen LogP contribution in [0.4, 0.5) is 10.5 Å². The first-order valence-corrected chi connectivity index (χ1v) is 9.30. The van der Waals surface area contributed by atoms with Gasteiger partial charge < -0.3 is 15.0 Å². The number of hydrogen-bond acceptors (Lipinski definition) is 5. The topological polar surface area (TPSA) is 105 Å². The molecular weight excluding hydrogens is 334 g/mol. The quantitative estimate of drug-likeness (QED) is 0.801. The van der Waals surface area contributed by atoms with Crippen LogP contribution in [0.3, 0.4) is 0 Å². The Morgan fingerprint density at radius 1 is 1.29 bits per heavy atom. The van der Waals surface area contributed by atoms with Gasteiger partial charge in [-0.1, -0.05) is 0 Å². The molecule has 2 N–H and O–H groups in total. The maximum atomic E-state index is 12.4. The van der Waals surface area contributed by atoms with Crippen LogP contribution < -0.4 is 10.0 Å². The van der Waals surface area contributed by atoms with E-state index in [1.807, 2.05) is 0 Å². The van der Waals surface area contributed by atoms with Crippen LogP contribution >= 0.6 is 0 Å². The number of carbonyl (C=O) groups is 2. The predicted octanol–water partition coefficient (Wildman–Crippen LogP) is 0.443. The molecule has 3 aliphatic rings. The highest BCUT2D eigenvalue weighted by atomic mass is 32.2. The van der Waals surface area contributed by atoms with Crippen LogP contribution in [-0.2, 0) is 26.0 Å². The average molecular weight is 351 g/mol. The molecule has 2 amide bonds. The Kier molecular flexibility index (Phi) is 3.50. The molecule has 0 aromatic heterocycles. The summed E-state index contributed by atoms with van der Waals surface area (Å²) in [5.41, 5.74) is 1.30. The monoisotopic (exact) mass is 351 g/mol. The van der Waals surface area contributed by atoms with E-state index in [4.69, 9.17) is 4.74 Å². The molecule has 1 atom stereocenters. The minimum atomic E-state index is -3.73. The van der Waals surface area contributed by atoms with E-state index in [9.17, 15) is 18.0 Å². The molecule has 0 spiro atoms. The third kappa shape index (κ3) is 2.84. The lowest BCUT2D eigenvalue weighted by Crippen LogP contribution is -2.35. The fourth-order valence-electron chi connectivity index (χ4n) is 2.99. The van der Waals surface area contributed by atoms with Gasteiger partial charge in [-0.25, -0.2) is 17.9 Å². The zero-order valence-electron chi connectivity index (χ0n) is 12.8. The fraction of sp³-hybridized carbons (Fsp3) is 0.467. The molecule has 1 saturated heterocycles. The van der Waals surface area contributed by atoms with Crippen LogP contribution in [0.1, 0.15) is 18.4 Å². The smallest absolute Gasteiger partial charge is 0.410 e. The van der Waals surface area contributed by atoms with Crippen molar-refractivity contribution in [2.45, 2.75) is 36.3 Å². The number of carbonyl (C=O) groups excluding carboxylic acids is 2. The summed E-state index contributed by atoms with van der Waals surface area (Å²) in [7, 11) is -3.73. The molecule has 2 aliphatic heterocycles. The molecule has 1 aromatic rings. The number of nitrogens with zero attached hydrogens (tertiary/aromatic N) is 1. The first-order valence-electron chi connectivity index (χ1n) is 7.82. The van der Waals surface area contributed by atoms with Gasteiger partial charge in [-0.2, -0.15) is 0 Å². The highest BCUT2D eigenvalue weighted by Gasteiger charge is 2.41. The van der Waals surface area contributed by atoms with E-state index in [1.54, 1.807) is 11.0 Å². The molecule has 4 rings (SSSR count). The van der Waals surface area contributed by atoms with Crippen molar-refractivity contribution in [1.82, 2.24) is 9.62 Å². The third-order valence-corrected chi connectivity index (χ3v) is 5.82. The van der Waals surface area contributed by atoms with Gasteiger partial charge in [0.1, 0.15) is 6.10 Å². The maximum absolute atomic E-state index is 12.4. The van der Waals surface area contributed by atoms with Crippen molar-refractivity contribution in [3.05, 3.63) is 23.8 Å². The minimum absolute atomic E-state index is 0.0333. The number of fused-ring (bicyclic) bond motifs is 1. The number of amides is 2. The molecule has 0 radical (unpaired) electrons. The summed E-state index contributed by atoms with van der Waals surface area (Å²) in [6, 6.07) is 4.77. The number of nitrogens with one attached hydrogen (secondary N) is 2. The first-order chi connectivity index (χ1) is 11.4. The maximum Gasteiger partial charge on any atom is 0.410 e. The Balaban J connectivity index is 1.42. The number of hydrogen-bond donors (Lipinski definition) is 2. The summed E-state index contributed by atoms with van der Waals surface area (Å²) < 4.78 is 32.5. The lowest BCUT2D eigenvalue weighted by Gasteiger charge is -2.12. The fourth-order valence-corrected chi connectivity index (χ4v) is 4.11. The van der Waals surface area contributed by atoms with Crippen molar-refractivity contribution < 1.29 is 22.7 Å². The Bertz CT molecular complexity index is 818. The Morgan fingerprint density at radius 2 is 2.08 bits per heavy atom. The highest BCUT2D eigenvalue weighted by Crippen LogP contribution is 2.30. The molecule has 9 heteroatoms. The van der Waals surface area contributed by atoms with E-state index in [-0.39, 0.29) is 35.9 Å². The molecule has 2 fully saturated rings. The molecule has 1 aromatic carbocycles. The zero-order valence-corrected chi connectivity index (χ0v) is 13.6. The average Bonchev–Trinajstić information content (AvgIpc) is 3.20. The molecule has 1 saturated carbocycles. The van der Waals surface area contributed by atoms with E-state index in [2.05, 4.69) is 10.0 Å². The van der Waals surface area contributed by atoms with Crippen molar-refractivity contribution in [2.75, 3.05) is 18.4 Å². The molecule has 1 aliphatic carbocycles. The summed E-state index contributed by atoms with van der Waals surface area (Å²) in [4.78, 5) is 24.8. The van der Waals surface area contributed by atoms with E-state index in [0.717, 1.165) is 12.8 Å². The lowest BCUT2D eigenvalue weighted by atomic mass is 10.2. The van der Waals surface area contributed by atoms with E-state index >= 15 is 0 Å². The second kappa shape index (κ2) is 5.45. The lowest BCUT2D eigenvalue weighted by molar-refractivity contribution is -0.115. The van der Waals surface area contributed by atoms with Gasteiger partial charge in [0.15, 0.2) is 0 Å². The van der Waals surface area contributed by atoms with Crippen LogP contribution in [0.15, 0.2) is 23.1 Å². The van der Waals surface area contributed by atoms with Gasteiger partial charge in [-0.15, -0.1) is 0 Å². The number of ether oxygens (including phenoxy) is 1. The normalized spacial score (nSPS) is 23.2. The Hall–Kier alpha value is -2.13.